The summed E-state index contributed by atoms with van der Waals surface area (Å²) in [6, 6.07) is 6.64. The van der Waals surface area contributed by atoms with Gasteiger partial charge in [0.2, 0.25) is 0 Å². The molecule has 17 heavy (non-hydrogen) atoms. The Morgan fingerprint density at radius 2 is 2.29 bits per heavy atom. The van der Waals surface area contributed by atoms with Gasteiger partial charge in [-0.1, -0.05) is 12.1 Å². The summed E-state index contributed by atoms with van der Waals surface area (Å²) in [6.45, 7) is 4.34. The first kappa shape index (κ1) is 11.8. The lowest BCUT2D eigenvalue weighted by Crippen LogP contribution is -2.19. The van der Waals surface area contributed by atoms with Gasteiger partial charge in [0, 0.05) is 19.3 Å². The lowest BCUT2D eigenvalue weighted by atomic mass is 10.2. The molecular formula is C13H16FN3. The van der Waals surface area contributed by atoms with Gasteiger partial charge in [0.1, 0.15) is 5.82 Å². The highest BCUT2D eigenvalue weighted by molar-refractivity contribution is 5.15. The molecule has 1 N–H and O–H groups in total. The molecule has 4 heteroatoms. The molecule has 2 aromatic rings. The van der Waals surface area contributed by atoms with Gasteiger partial charge in [-0.15, -0.1) is 0 Å². The summed E-state index contributed by atoms with van der Waals surface area (Å²) < 4.78 is 14.8. The second-order valence-corrected chi connectivity index (χ2v) is 4.09. The molecule has 1 aromatic heterocycles. The van der Waals surface area contributed by atoms with E-state index < -0.39 is 0 Å². The summed E-state index contributed by atoms with van der Waals surface area (Å²) in [5.41, 5.74) is 2.12. The van der Waals surface area contributed by atoms with Crippen LogP contribution in [0.25, 0.3) is 0 Å². The third-order valence-corrected chi connectivity index (χ3v) is 2.50. The largest absolute Gasteiger partial charge is 0.311 e. The van der Waals surface area contributed by atoms with Crippen LogP contribution in [0.5, 0.6) is 0 Å². The predicted molar refractivity (Wildman–Crippen MR) is 65.1 cm³/mol. The molecule has 0 unspecified atom stereocenters. The normalized spacial score (nSPS) is 10.7. The van der Waals surface area contributed by atoms with Crippen LogP contribution in [-0.4, -0.2) is 16.3 Å². The van der Waals surface area contributed by atoms with Gasteiger partial charge in [0.05, 0.1) is 12.7 Å². The van der Waals surface area contributed by atoms with Gasteiger partial charge >= 0.3 is 0 Å². The Morgan fingerprint density at radius 3 is 3.00 bits per heavy atom. The van der Waals surface area contributed by atoms with Crippen molar-refractivity contribution in [3.63, 3.8) is 0 Å². The molecule has 0 amide bonds. The van der Waals surface area contributed by atoms with E-state index in [1.165, 1.54) is 6.07 Å². The van der Waals surface area contributed by atoms with Crippen LogP contribution in [0.15, 0.2) is 36.7 Å². The van der Waals surface area contributed by atoms with Crippen molar-refractivity contribution in [1.82, 2.24) is 15.1 Å². The number of aryl methyl sites for hydroxylation is 1. The van der Waals surface area contributed by atoms with Gasteiger partial charge in [0.15, 0.2) is 0 Å². The van der Waals surface area contributed by atoms with Crippen LogP contribution in [0, 0.1) is 12.7 Å². The minimum Gasteiger partial charge on any atom is -0.311 e. The quantitative estimate of drug-likeness (QED) is 0.802. The summed E-state index contributed by atoms with van der Waals surface area (Å²) in [5.74, 6) is -0.188. The molecule has 1 aromatic carbocycles. The zero-order valence-corrected chi connectivity index (χ0v) is 9.86. The molecule has 2 rings (SSSR count). The molecule has 0 aliphatic carbocycles. The number of rotatable bonds is 5. The van der Waals surface area contributed by atoms with E-state index in [9.17, 15) is 4.39 Å². The van der Waals surface area contributed by atoms with Crippen molar-refractivity contribution in [2.75, 3.05) is 6.54 Å². The van der Waals surface area contributed by atoms with Gasteiger partial charge in [-0.25, -0.2) is 4.39 Å². The van der Waals surface area contributed by atoms with Gasteiger partial charge in [-0.3, -0.25) is 4.68 Å². The van der Waals surface area contributed by atoms with E-state index in [4.69, 9.17) is 0 Å². The molecule has 0 fully saturated rings. The third-order valence-electron chi connectivity index (χ3n) is 2.50. The first-order chi connectivity index (χ1) is 8.24. The minimum absolute atomic E-state index is 0.188. The van der Waals surface area contributed by atoms with Crippen molar-refractivity contribution in [2.45, 2.75) is 20.0 Å². The van der Waals surface area contributed by atoms with Crippen molar-refractivity contribution < 1.29 is 4.39 Å². The summed E-state index contributed by atoms with van der Waals surface area (Å²) in [6.07, 6.45) is 3.84. The number of hydrogen-bond donors (Lipinski definition) is 1. The first-order valence-electron chi connectivity index (χ1n) is 5.68. The number of nitrogens with one attached hydrogen (secondary N) is 1. The van der Waals surface area contributed by atoms with Crippen molar-refractivity contribution >= 4 is 0 Å². The van der Waals surface area contributed by atoms with Crippen LogP contribution < -0.4 is 5.32 Å². The van der Waals surface area contributed by atoms with Gasteiger partial charge in [-0.2, -0.15) is 5.10 Å². The number of halogens is 1. The first-order valence-corrected chi connectivity index (χ1v) is 5.68. The van der Waals surface area contributed by atoms with Crippen LogP contribution in [0.3, 0.4) is 0 Å². The predicted octanol–water partition coefficient (Wildman–Crippen LogP) is 2.12. The Bertz CT molecular complexity index is 479. The average Bonchev–Trinajstić information content (AvgIpc) is 2.71. The van der Waals surface area contributed by atoms with Crippen molar-refractivity contribution in [3.05, 3.63) is 53.6 Å². The molecule has 3 nitrogen and oxygen atoms in total. The fraction of sp³-hybridized carbons (Fsp3) is 0.308. The highest BCUT2D eigenvalue weighted by Gasteiger charge is 1.96. The molecule has 90 valence electrons. The number of benzene rings is 1. The molecule has 0 aliphatic heterocycles. The van der Waals surface area contributed by atoms with Gasteiger partial charge in [0.25, 0.3) is 0 Å². The van der Waals surface area contributed by atoms with E-state index in [1.54, 1.807) is 12.1 Å². The number of nitrogens with zero attached hydrogens (tertiary/aromatic N) is 2. The second kappa shape index (κ2) is 5.59. The maximum Gasteiger partial charge on any atom is 0.123 e. The highest BCUT2D eigenvalue weighted by Crippen LogP contribution is 2.02. The average molecular weight is 233 g/mol. The highest BCUT2D eigenvalue weighted by atomic mass is 19.1. The van der Waals surface area contributed by atoms with Crippen LogP contribution in [0.4, 0.5) is 4.39 Å². The zero-order chi connectivity index (χ0) is 12.1. The molecule has 0 radical (unpaired) electrons. The smallest absolute Gasteiger partial charge is 0.123 e. The topological polar surface area (TPSA) is 29.9 Å². The van der Waals surface area contributed by atoms with E-state index in [0.717, 1.165) is 24.2 Å². The Hall–Kier alpha value is -1.68. The maximum atomic E-state index is 12.9. The Balaban J connectivity index is 1.73. The number of aromatic nitrogens is 2. The number of hydrogen-bond acceptors (Lipinski definition) is 2. The van der Waals surface area contributed by atoms with E-state index in [2.05, 4.69) is 10.4 Å². The lowest BCUT2D eigenvalue weighted by Gasteiger charge is -2.05. The molecule has 0 aliphatic rings. The van der Waals surface area contributed by atoms with E-state index in [1.807, 2.05) is 30.1 Å². The van der Waals surface area contributed by atoms with Gasteiger partial charge in [-0.05, 0) is 30.2 Å². The molecule has 0 bridgehead atoms. The molecule has 0 saturated heterocycles. The third kappa shape index (κ3) is 3.67. The van der Waals surface area contributed by atoms with Crippen LogP contribution in [0.1, 0.15) is 11.1 Å². The Morgan fingerprint density at radius 1 is 1.41 bits per heavy atom. The minimum atomic E-state index is -0.188. The second-order valence-electron chi connectivity index (χ2n) is 4.09. The van der Waals surface area contributed by atoms with E-state index >= 15 is 0 Å². The van der Waals surface area contributed by atoms with Crippen LogP contribution >= 0.6 is 0 Å². The molecule has 0 spiro atoms. The van der Waals surface area contributed by atoms with E-state index in [0.29, 0.717) is 6.54 Å². The Kier molecular flexibility index (Phi) is 3.88. The van der Waals surface area contributed by atoms with Crippen LogP contribution in [0.2, 0.25) is 0 Å². The van der Waals surface area contributed by atoms with Gasteiger partial charge < -0.3 is 5.32 Å². The molecule has 1 heterocycles. The molecule has 0 saturated carbocycles. The maximum absolute atomic E-state index is 12.9. The summed E-state index contributed by atoms with van der Waals surface area (Å²) in [7, 11) is 0. The molecular weight excluding hydrogens is 217 g/mol. The van der Waals surface area contributed by atoms with E-state index in [-0.39, 0.29) is 5.82 Å². The standard InChI is InChI=1S/C13H16FN3/c1-11-8-16-17(10-11)6-5-15-9-12-3-2-4-13(14)7-12/h2-4,7-8,10,15H,5-6,9H2,1H3. The molecule has 0 atom stereocenters. The fourth-order valence-corrected chi connectivity index (χ4v) is 1.66. The Labute approximate surface area is 100 Å². The monoisotopic (exact) mass is 233 g/mol. The summed E-state index contributed by atoms with van der Waals surface area (Å²) >= 11 is 0. The summed E-state index contributed by atoms with van der Waals surface area (Å²) in [4.78, 5) is 0. The van der Waals surface area contributed by atoms with Crippen molar-refractivity contribution in [2.24, 2.45) is 0 Å². The lowest BCUT2D eigenvalue weighted by molar-refractivity contribution is 0.553. The fourth-order valence-electron chi connectivity index (χ4n) is 1.66. The zero-order valence-electron chi connectivity index (χ0n) is 9.86. The van der Waals surface area contributed by atoms with Crippen molar-refractivity contribution in [3.8, 4) is 0 Å². The van der Waals surface area contributed by atoms with Crippen LogP contribution in [-0.2, 0) is 13.1 Å². The van der Waals surface area contributed by atoms with Crippen molar-refractivity contribution in [1.29, 1.82) is 0 Å². The SMILES string of the molecule is Cc1cnn(CCNCc2cccc(F)c2)c1. The summed E-state index contributed by atoms with van der Waals surface area (Å²) in [5, 5.41) is 7.45.